The number of benzene rings is 4. The Morgan fingerprint density at radius 3 is 1.43 bits per heavy atom. The van der Waals surface area contributed by atoms with E-state index in [4.69, 9.17) is 9.98 Å². The van der Waals surface area contributed by atoms with E-state index in [1.54, 1.807) is 12.1 Å². The van der Waals surface area contributed by atoms with Gasteiger partial charge in [-0.15, -0.1) is 0 Å². The van der Waals surface area contributed by atoms with Crippen molar-refractivity contribution in [3.8, 4) is 23.3 Å². The number of unbranched alkanes of at least 4 members (excludes halogenated alkanes) is 17. The first-order chi connectivity index (χ1) is 30.2. The average molecular weight is 965 g/mol. The Morgan fingerprint density at radius 2 is 0.952 bits per heavy atom. The Morgan fingerprint density at radius 1 is 0.508 bits per heavy atom. The summed E-state index contributed by atoms with van der Waals surface area (Å²) in [6.07, 6.45) is 30.9. The van der Waals surface area contributed by atoms with Crippen LogP contribution < -0.4 is 0 Å². The maximum atomic E-state index is 9.49. The van der Waals surface area contributed by atoms with E-state index in [9.17, 15) is 10.2 Å². The van der Waals surface area contributed by atoms with Gasteiger partial charge in [-0.2, -0.15) is 0 Å². The molecule has 4 aromatic rings. The van der Waals surface area contributed by atoms with E-state index in [2.05, 4.69) is 113 Å². The standard InChI is InChI=1S/C44H68N2.C13H13BrO2.Ni/c1-7-12-13-14-15-16-17-18-19-20-21-22-23-24-25-26-27-28-29-30-44(46-43-34-32-39(9-3)41(11-5)36-43)37(6)45-42-33-31-38(8-2)40(10-4)35-42;1-2-3-8-4-5-9-6-11(15)12(16)7-10(9)13(8)14;/h31-36H,7-28H2,1-6H3;4-7,15-16H,2-3H2,1H3;. The topological polar surface area (TPSA) is 65.2 Å². The molecule has 0 radical (unpaired) electrons. The third-order valence-corrected chi connectivity index (χ3v) is 13.0. The molecule has 2 N–H and O–H groups in total. The molecule has 0 saturated carbocycles. The summed E-state index contributed by atoms with van der Waals surface area (Å²) in [4.78, 5) is 10.0. The zero-order chi connectivity index (χ0) is 45.0. The van der Waals surface area contributed by atoms with Crippen molar-refractivity contribution in [3.05, 3.63) is 93.0 Å². The number of rotatable bonds is 26. The third-order valence-electron chi connectivity index (χ3n) is 12.0. The largest absolute Gasteiger partial charge is 0.504 e. The van der Waals surface area contributed by atoms with E-state index in [0.717, 1.165) is 83.0 Å². The molecule has 6 heteroatoms. The molecule has 0 saturated heterocycles. The second-order valence-electron chi connectivity index (χ2n) is 17.0. The van der Waals surface area contributed by atoms with E-state index >= 15 is 0 Å². The Kier molecular flexibility index (Phi) is 29.3. The van der Waals surface area contributed by atoms with Crippen LogP contribution in [0.4, 0.5) is 11.4 Å². The van der Waals surface area contributed by atoms with Gasteiger partial charge in [-0.1, -0.05) is 181 Å². The van der Waals surface area contributed by atoms with Gasteiger partial charge in [0.1, 0.15) is 5.71 Å². The summed E-state index contributed by atoms with van der Waals surface area (Å²) < 4.78 is 1.00. The molecule has 0 aliphatic carbocycles. The number of phenolic OH excluding ortho intramolecular Hbond substituents is 2. The summed E-state index contributed by atoms with van der Waals surface area (Å²) in [7, 11) is 0. The molecule has 63 heavy (non-hydrogen) atoms. The molecule has 0 heterocycles. The summed E-state index contributed by atoms with van der Waals surface area (Å²) in [6.45, 7) is 15.4. The van der Waals surface area contributed by atoms with Crippen LogP contribution in [-0.4, -0.2) is 21.6 Å². The molecule has 348 valence electrons. The van der Waals surface area contributed by atoms with Gasteiger partial charge in [0.15, 0.2) is 11.5 Å². The first-order valence-electron chi connectivity index (χ1n) is 24.7. The number of fused-ring (bicyclic) bond motifs is 1. The Labute approximate surface area is 402 Å². The van der Waals surface area contributed by atoms with Crippen molar-refractivity contribution in [2.24, 2.45) is 9.98 Å². The van der Waals surface area contributed by atoms with E-state index in [1.807, 2.05) is 12.1 Å². The predicted octanol–water partition coefficient (Wildman–Crippen LogP) is 17.8. The molecule has 0 spiro atoms. The van der Waals surface area contributed by atoms with Gasteiger partial charge in [0.2, 0.25) is 0 Å². The van der Waals surface area contributed by atoms with Gasteiger partial charge in [-0.05, 0) is 137 Å². The molecule has 0 atom stereocenters. The zero-order valence-corrected chi connectivity index (χ0v) is 42.8. The van der Waals surface area contributed by atoms with Crippen LogP contribution in [0.25, 0.3) is 10.8 Å². The SMILES string of the molecule is CCCCCCCCCCCCCCCCCCCC#CC(=Nc1ccc(CC)c(CC)c1)C(C)=Nc1ccc(CC)c(CC)c1.CCCc1ccc2cc(O)c(O)cc2c1Br.[Ni]. The summed E-state index contributed by atoms with van der Waals surface area (Å²) in [5.41, 5.74) is 10.4. The molecule has 0 aromatic heterocycles. The van der Waals surface area contributed by atoms with E-state index < -0.39 is 0 Å². The third kappa shape index (κ3) is 20.5. The number of halogens is 1. The average Bonchev–Trinajstić information content (AvgIpc) is 3.28. The van der Waals surface area contributed by atoms with Crippen LogP contribution in [-0.2, 0) is 48.6 Å². The van der Waals surface area contributed by atoms with Crippen LogP contribution in [0.5, 0.6) is 11.5 Å². The van der Waals surface area contributed by atoms with Gasteiger partial charge in [0, 0.05) is 32.8 Å². The number of nitrogens with zero attached hydrogens (tertiary/aromatic N) is 2. The minimum absolute atomic E-state index is 0. The fourth-order valence-electron chi connectivity index (χ4n) is 8.19. The number of aromatic hydroxyl groups is 2. The molecule has 0 bridgehead atoms. The Balaban J connectivity index is 0.000000667. The summed E-state index contributed by atoms with van der Waals surface area (Å²) in [6, 6.07) is 20.4. The molecule has 4 rings (SSSR count). The second kappa shape index (κ2) is 33.1. The van der Waals surface area contributed by atoms with Gasteiger partial charge in [0.25, 0.3) is 0 Å². The van der Waals surface area contributed by atoms with E-state index in [-0.39, 0.29) is 28.0 Å². The normalized spacial score (nSPS) is 11.5. The van der Waals surface area contributed by atoms with Crippen molar-refractivity contribution in [2.75, 3.05) is 0 Å². The monoisotopic (exact) mass is 962 g/mol. The van der Waals surface area contributed by atoms with Crippen molar-refractivity contribution < 1.29 is 26.7 Å². The van der Waals surface area contributed by atoms with Gasteiger partial charge in [0.05, 0.1) is 17.1 Å². The Hall–Kier alpha value is -3.39. The van der Waals surface area contributed by atoms with Crippen molar-refractivity contribution in [1.29, 1.82) is 0 Å². The van der Waals surface area contributed by atoms with Crippen LogP contribution >= 0.6 is 15.9 Å². The molecule has 4 aromatic carbocycles. The van der Waals surface area contributed by atoms with Gasteiger partial charge < -0.3 is 10.2 Å². The minimum atomic E-state index is -0.0816. The molecule has 0 aliphatic heterocycles. The van der Waals surface area contributed by atoms with Crippen molar-refractivity contribution >= 4 is 49.5 Å². The molecule has 0 aliphatic rings. The molecular formula is C57H81BrN2NiO2. The second-order valence-corrected chi connectivity index (χ2v) is 17.8. The summed E-state index contributed by atoms with van der Waals surface area (Å²) >= 11 is 3.55. The number of hydrogen-bond donors (Lipinski definition) is 2. The minimum Gasteiger partial charge on any atom is -0.504 e. The quantitative estimate of drug-likeness (QED) is 0.0216. The van der Waals surface area contributed by atoms with E-state index in [1.165, 1.54) is 137 Å². The number of aryl methyl sites for hydroxylation is 5. The van der Waals surface area contributed by atoms with E-state index in [0.29, 0.717) is 0 Å². The predicted molar refractivity (Wildman–Crippen MR) is 276 cm³/mol. The molecular weight excluding hydrogens is 883 g/mol. The Bertz CT molecular complexity index is 2040. The number of phenols is 2. The molecule has 0 unspecified atom stereocenters. The maximum absolute atomic E-state index is 9.49. The van der Waals surface area contributed by atoms with Crippen LogP contribution in [0.3, 0.4) is 0 Å². The molecule has 0 fully saturated rings. The van der Waals surface area contributed by atoms with Crippen molar-refractivity contribution in [1.82, 2.24) is 0 Å². The number of hydrogen-bond acceptors (Lipinski definition) is 4. The smallest absolute Gasteiger partial charge is 0.158 e. The van der Waals surface area contributed by atoms with Crippen molar-refractivity contribution in [3.63, 3.8) is 0 Å². The first kappa shape index (κ1) is 55.7. The van der Waals surface area contributed by atoms with Crippen molar-refractivity contribution in [2.45, 2.75) is 203 Å². The molecule has 0 amide bonds. The molecule has 4 nitrogen and oxygen atoms in total. The fourth-order valence-corrected chi connectivity index (χ4v) is 8.86. The van der Waals surface area contributed by atoms with Gasteiger partial charge in [-0.25, -0.2) is 4.99 Å². The van der Waals surface area contributed by atoms with Gasteiger partial charge >= 0.3 is 0 Å². The van der Waals surface area contributed by atoms with Gasteiger partial charge in [-0.3, -0.25) is 4.99 Å². The zero-order valence-electron chi connectivity index (χ0n) is 40.2. The fraction of sp³-hybridized carbons (Fsp3) is 0.544. The summed E-state index contributed by atoms with van der Waals surface area (Å²) in [5, 5.41) is 20.8. The maximum Gasteiger partial charge on any atom is 0.158 e. The van der Waals surface area contributed by atoms with Crippen LogP contribution in [0.1, 0.15) is 198 Å². The number of aliphatic imine (C=N–C) groups is 2. The first-order valence-corrected chi connectivity index (χ1v) is 25.5. The van der Waals surface area contributed by atoms with Crippen LogP contribution in [0, 0.1) is 11.8 Å². The van der Waals surface area contributed by atoms with Crippen LogP contribution in [0.15, 0.2) is 75.1 Å². The van der Waals surface area contributed by atoms with Crippen LogP contribution in [0.2, 0.25) is 0 Å². The summed E-state index contributed by atoms with van der Waals surface area (Å²) in [5.74, 6) is 6.72.